The minimum atomic E-state index is -0.197. The fourth-order valence-corrected chi connectivity index (χ4v) is 4.14. The Morgan fingerprint density at radius 3 is 2.82 bits per heavy atom. The van der Waals surface area contributed by atoms with Crippen molar-refractivity contribution in [3.05, 3.63) is 0 Å². The van der Waals surface area contributed by atoms with Gasteiger partial charge in [-0.2, -0.15) is 0 Å². The van der Waals surface area contributed by atoms with E-state index in [0.29, 0.717) is 13.1 Å². The number of thioether (sulfide) groups is 1. The van der Waals surface area contributed by atoms with Gasteiger partial charge >= 0.3 is 0 Å². The van der Waals surface area contributed by atoms with Gasteiger partial charge in [0.05, 0.1) is 13.2 Å². The van der Waals surface area contributed by atoms with Gasteiger partial charge in [-0.05, 0) is 6.42 Å². The molecule has 2 fully saturated rings. The summed E-state index contributed by atoms with van der Waals surface area (Å²) in [6.45, 7) is 3.56. The second kappa shape index (κ2) is 4.86. The van der Waals surface area contributed by atoms with Crippen molar-refractivity contribution in [2.75, 3.05) is 32.0 Å². The molecule has 1 unspecified atom stereocenters. The summed E-state index contributed by atoms with van der Waals surface area (Å²) in [4.78, 5) is 26.8. The number of aliphatic hydroxyl groups excluding tert-OH is 1. The molecule has 0 aliphatic carbocycles. The number of amides is 2. The van der Waals surface area contributed by atoms with Crippen LogP contribution in [0.15, 0.2) is 0 Å². The number of carbonyl (C=O) groups is 2. The monoisotopic (exact) mass is 258 g/mol. The molecule has 1 atom stereocenters. The quantitative estimate of drug-likeness (QED) is 0.751. The van der Waals surface area contributed by atoms with Gasteiger partial charge in [0, 0.05) is 32.2 Å². The van der Waals surface area contributed by atoms with Crippen molar-refractivity contribution < 1.29 is 14.7 Å². The highest BCUT2D eigenvalue weighted by molar-refractivity contribution is 8.00. The topological polar surface area (TPSA) is 60.9 Å². The van der Waals surface area contributed by atoms with Crippen LogP contribution in [0.1, 0.15) is 19.8 Å². The Labute approximate surface area is 105 Å². The molecule has 0 saturated carbocycles. The molecule has 6 heteroatoms. The molecule has 0 aromatic carbocycles. The van der Waals surface area contributed by atoms with Gasteiger partial charge in [0.2, 0.25) is 11.8 Å². The fraction of sp³-hybridized carbons (Fsp3) is 0.818. The Morgan fingerprint density at radius 2 is 2.18 bits per heavy atom. The van der Waals surface area contributed by atoms with E-state index in [4.69, 9.17) is 5.11 Å². The second-order valence-electron chi connectivity index (χ2n) is 4.50. The number of hydrogen-bond acceptors (Lipinski definition) is 4. The van der Waals surface area contributed by atoms with Crippen molar-refractivity contribution >= 4 is 23.6 Å². The molecule has 2 aliphatic rings. The molecule has 1 N–H and O–H groups in total. The third-order valence-corrected chi connectivity index (χ3v) is 4.92. The Bertz CT molecular complexity index is 337. The molecule has 2 amide bonds. The lowest BCUT2D eigenvalue weighted by Crippen LogP contribution is -2.47. The van der Waals surface area contributed by atoms with Crippen LogP contribution in [0.25, 0.3) is 0 Å². The lowest BCUT2D eigenvalue weighted by Gasteiger charge is -2.33. The number of aliphatic hydroxyl groups is 1. The van der Waals surface area contributed by atoms with E-state index in [9.17, 15) is 9.59 Å². The maximum absolute atomic E-state index is 11.7. The van der Waals surface area contributed by atoms with Crippen LogP contribution < -0.4 is 0 Å². The lowest BCUT2D eigenvalue weighted by atomic mass is 10.2. The van der Waals surface area contributed by atoms with Gasteiger partial charge in [-0.3, -0.25) is 9.59 Å². The Balaban J connectivity index is 2.05. The average molecular weight is 258 g/mol. The molecule has 2 saturated heterocycles. The van der Waals surface area contributed by atoms with Crippen molar-refractivity contribution in [3.8, 4) is 0 Å². The minimum Gasteiger partial charge on any atom is -0.396 e. The molecule has 0 bridgehead atoms. The van der Waals surface area contributed by atoms with Gasteiger partial charge in [-0.15, -0.1) is 11.8 Å². The standard InChI is InChI=1S/C11H18N2O3S/c1-9(15)13-5-7-17-11(13)3-4-12(8-11)10(16)2-6-14/h14H,2-8H2,1H3. The van der Waals surface area contributed by atoms with Gasteiger partial charge in [0.1, 0.15) is 4.87 Å². The maximum Gasteiger partial charge on any atom is 0.224 e. The molecule has 2 aliphatic heterocycles. The van der Waals surface area contributed by atoms with Gasteiger partial charge in [-0.1, -0.05) is 0 Å². The summed E-state index contributed by atoms with van der Waals surface area (Å²) in [7, 11) is 0. The third-order valence-electron chi connectivity index (χ3n) is 3.45. The molecular formula is C11H18N2O3S. The van der Waals surface area contributed by atoms with Crippen LogP contribution in [0.5, 0.6) is 0 Å². The summed E-state index contributed by atoms with van der Waals surface area (Å²) >= 11 is 1.78. The van der Waals surface area contributed by atoms with E-state index in [-0.39, 0.29) is 29.7 Å². The van der Waals surface area contributed by atoms with Crippen molar-refractivity contribution in [1.82, 2.24) is 9.80 Å². The summed E-state index contributed by atoms with van der Waals surface area (Å²) in [5.41, 5.74) is 0. The number of hydrogen-bond donors (Lipinski definition) is 1. The molecule has 96 valence electrons. The first kappa shape index (κ1) is 12.7. The second-order valence-corrected chi connectivity index (χ2v) is 5.96. The van der Waals surface area contributed by atoms with E-state index in [0.717, 1.165) is 18.7 Å². The highest BCUT2D eigenvalue weighted by atomic mass is 32.2. The molecule has 0 radical (unpaired) electrons. The summed E-state index contributed by atoms with van der Waals surface area (Å²) < 4.78 is 0. The summed E-state index contributed by atoms with van der Waals surface area (Å²) in [6.07, 6.45) is 1.02. The number of carbonyl (C=O) groups excluding carboxylic acids is 2. The highest BCUT2D eigenvalue weighted by Gasteiger charge is 2.48. The van der Waals surface area contributed by atoms with Crippen molar-refractivity contribution in [2.24, 2.45) is 0 Å². The number of rotatable bonds is 2. The van der Waals surface area contributed by atoms with Crippen LogP contribution in [-0.2, 0) is 9.59 Å². The predicted octanol–water partition coefficient (Wildman–Crippen LogP) is -0.107. The van der Waals surface area contributed by atoms with Crippen LogP contribution in [-0.4, -0.2) is 63.6 Å². The molecule has 0 aromatic heterocycles. The van der Waals surface area contributed by atoms with E-state index in [1.54, 1.807) is 23.6 Å². The Kier molecular flexibility index (Phi) is 3.63. The first-order valence-corrected chi connectivity index (χ1v) is 6.88. The Morgan fingerprint density at radius 1 is 1.41 bits per heavy atom. The summed E-state index contributed by atoms with van der Waals surface area (Å²) in [6, 6.07) is 0. The third kappa shape index (κ3) is 2.28. The zero-order chi connectivity index (χ0) is 12.5. The first-order valence-electron chi connectivity index (χ1n) is 5.90. The van der Waals surface area contributed by atoms with Crippen molar-refractivity contribution in [3.63, 3.8) is 0 Å². The minimum absolute atomic E-state index is 0.0135. The van der Waals surface area contributed by atoms with E-state index in [2.05, 4.69) is 0 Å². The van der Waals surface area contributed by atoms with E-state index >= 15 is 0 Å². The lowest BCUT2D eigenvalue weighted by molar-refractivity contribution is -0.134. The first-order chi connectivity index (χ1) is 8.09. The molecule has 2 rings (SSSR count). The SMILES string of the molecule is CC(=O)N1CCSC12CCN(C(=O)CCO)C2. The average Bonchev–Trinajstić information content (AvgIpc) is 2.87. The van der Waals surface area contributed by atoms with Crippen LogP contribution in [0, 0.1) is 0 Å². The number of likely N-dealkylation sites (tertiary alicyclic amines) is 1. The van der Waals surface area contributed by atoms with Gasteiger partial charge in [0.25, 0.3) is 0 Å². The zero-order valence-corrected chi connectivity index (χ0v) is 10.8. The van der Waals surface area contributed by atoms with Crippen molar-refractivity contribution in [1.29, 1.82) is 0 Å². The Hall–Kier alpha value is -0.750. The zero-order valence-electron chi connectivity index (χ0n) is 10.0. The molecule has 17 heavy (non-hydrogen) atoms. The highest BCUT2D eigenvalue weighted by Crippen LogP contribution is 2.43. The maximum atomic E-state index is 11.7. The smallest absolute Gasteiger partial charge is 0.224 e. The normalized spacial score (nSPS) is 28.1. The largest absolute Gasteiger partial charge is 0.396 e. The molecular weight excluding hydrogens is 240 g/mol. The van der Waals surface area contributed by atoms with E-state index < -0.39 is 0 Å². The van der Waals surface area contributed by atoms with Crippen LogP contribution in [0.3, 0.4) is 0 Å². The molecule has 2 heterocycles. The summed E-state index contributed by atoms with van der Waals surface area (Å²) in [5.74, 6) is 1.02. The van der Waals surface area contributed by atoms with Crippen LogP contribution in [0.2, 0.25) is 0 Å². The molecule has 5 nitrogen and oxygen atoms in total. The van der Waals surface area contributed by atoms with Crippen LogP contribution in [0.4, 0.5) is 0 Å². The van der Waals surface area contributed by atoms with E-state index in [1.165, 1.54) is 0 Å². The number of nitrogens with zero attached hydrogens (tertiary/aromatic N) is 2. The molecule has 1 spiro atoms. The van der Waals surface area contributed by atoms with Crippen molar-refractivity contribution in [2.45, 2.75) is 24.6 Å². The fourth-order valence-electron chi connectivity index (χ4n) is 2.62. The summed E-state index contributed by atoms with van der Waals surface area (Å²) in [5, 5.41) is 8.78. The van der Waals surface area contributed by atoms with Gasteiger partial charge < -0.3 is 14.9 Å². The van der Waals surface area contributed by atoms with Crippen LogP contribution >= 0.6 is 11.8 Å². The van der Waals surface area contributed by atoms with E-state index in [1.807, 2.05) is 4.90 Å². The molecule has 0 aromatic rings. The predicted molar refractivity (Wildman–Crippen MR) is 65.5 cm³/mol. The van der Waals surface area contributed by atoms with Gasteiger partial charge in [0.15, 0.2) is 0 Å². The van der Waals surface area contributed by atoms with Gasteiger partial charge in [-0.25, -0.2) is 0 Å².